The topological polar surface area (TPSA) is 118 Å². The van der Waals surface area contributed by atoms with E-state index in [-0.39, 0.29) is 24.3 Å². The number of pyridine rings is 1. The van der Waals surface area contributed by atoms with Crippen LogP contribution in [0.15, 0.2) is 42.6 Å². The number of fused-ring (bicyclic) bond motifs is 1. The lowest BCUT2D eigenvalue weighted by Gasteiger charge is -2.33. The molecule has 0 bridgehead atoms. The zero-order valence-corrected chi connectivity index (χ0v) is 23.6. The van der Waals surface area contributed by atoms with Crippen molar-refractivity contribution < 1.29 is 17.9 Å². The summed E-state index contributed by atoms with van der Waals surface area (Å²) in [5.74, 6) is 1.02. The van der Waals surface area contributed by atoms with Gasteiger partial charge in [-0.05, 0) is 51.8 Å². The summed E-state index contributed by atoms with van der Waals surface area (Å²) in [6.45, 7) is 6.75. The monoisotopic (exact) mass is 560 g/mol. The number of para-hydroxylation sites is 1. The van der Waals surface area contributed by atoms with Crippen LogP contribution in [0.5, 0.6) is 0 Å². The molecule has 0 spiro atoms. The van der Waals surface area contributed by atoms with Gasteiger partial charge in [0.25, 0.3) is 0 Å². The molecule has 1 fully saturated rings. The van der Waals surface area contributed by atoms with Gasteiger partial charge in [-0.25, -0.2) is 28.2 Å². The van der Waals surface area contributed by atoms with Crippen molar-refractivity contribution in [3.8, 4) is 0 Å². The first-order chi connectivity index (χ1) is 17.9. The standard InChI is InChI=1S/C26H33ClN6O4S/c1-26(2,3)37-25(34)33-13-10-18(11-14-33)23-30-21-17-29-22(27)16-20(21)24(31-23)28-12-15-38(35,36)32(4)19-8-6-5-7-9-19/h5-9,16-18H,10-15H2,1-4H3,(H,28,30,31). The lowest BCUT2D eigenvalue weighted by Crippen LogP contribution is -2.41. The molecule has 1 N–H and O–H groups in total. The molecule has 1 saturated heterocycles. The van der Waals surface area contributed by atoms with Crippen molar-refractivity contribution in [1.82, 2.24) is 19.9 Å². The van der Waals surface area contributed by atoms with Crippen molar-refractivity contribution in [3.63, 3.8) is 0 Å². The second-order valence-electron chi connectivity index (χ2n) is 10.2. The Morgan fingerprint density at radius 3 is 2.53 bits per heavy atom. The Hall–Kier alpha value is -3.18. The highest BCUT2D eigenvalue weighted by atomic mass is 35.5. The Labute approximate surface area is 228 Å². The second kappa shape index (κ2) is 11.3. The molecule has 3 aromatic rings. The highest BCUT2D eigenvalue weighted by Crippen LogP contribution is 2.30. The normalized spacial score (nSPS) is 14.9. The molecule has 1 aromatic carbocycles. The fraction of sp³-hybridized carbons (Fsp3) is 0.462. The first-order valence-corrected chi connectivity index (χ1v) is 14.5. The van der Waals surface area contributed by atoms with Crippen molar-refractivity contribution in [2.45, 2.75) is 45.1 Å². The number of piperidine rings is 1. The molecule has 10 nitrogen and oxygen atoms in total. The van der Waals surface area contributed by atoms with E-state index in [9.17, 15) is 13.2 Å². The van der Waals surface area contributed by atoms with E-state index in [0.29, 0.717) is 59.3 Å². The quantitative estimate of drug-likeness (QED) is 0.414. The molecule has 0 unspecified atom stereocenters. The number of hydrogen-bond acceptors (Lipinski definition) is 8. The van der Waals surface area contributed by atoms with Crippen LogP contribution in [0.4, 0.5) is 16.3 Å². The Balaban J connectivity index is 1.48. The molecule has 1 aliphatic rings. The number of likely N-dealkylation sites (tertiary alicyclic amines) is 1. The minimum absolute atomic E-state index is 0.0299. The maximum atomic E-state index is 12.9. The molecular weight excluding hydrogens is 528 g/mol. The number of nitrogens with one attached hydrogen (secondary N) is 1. The summed E-state index contributed by atoms with van der Waals surface area (Å²) in [7, 11) is -2.02. The third-order valence-corrected chi connectivity index (χ3v) is 8.24. The third kappa shape index (κ3) is 6.82. The van der Waals surface area contributed by atoms with Gasteiger partial charge < -0.3 is 15.0 Å². The van der Waals surface area contributed by atoms with Crippen molar-refractivity contribution in [2.24, 2.45) is 0 Å². The summed E-state index contributed by atoms with van der Waals surface area (Å²) >= 11 is 6.14. The summed E-state index contributed by atoms with van der Waals surface area (Å²) < 4.78 is 32.6. The first kappa shape index (κ1) is 27.8. The fourth-order valence-corrected chi connectivity index (χ4v) is 5.46. The Kier molecular flexibility index (Phi) is 8.27. The summed E-state index contributed by atoms with van der Waals surface area (Å²) in [5, 5.41) is 4.13. The fourth-order valence-electron chi connectivity index (χ4n) is 4.22. The number of anilines is 2. The number of benzene rings is 1. The summed E-state index contributed by atoms with van der Waals surface area (Å²) in [6, 6.07) is 10.6. The lowest BCUT2D eigenvalue weighted by atomic mass is 9.96. The molecule has 204 valence electrons. The maximum absolute atomic E-state index is 12.9. The van der Waals surface area contributed by atoms with E-state index in [1.54, 1.807) is 41.4 Å². The zero-order chi connectivity index (χ0) is 27.5. The van der Waals surface area contributed by atoms with E-state index in [1.807, 2.05) is 26.8 Å². The van der Waals surface area contributed by atoms with Crippen LogP contribution in [0.25, 0.3) is 10.9 Å². The summed E-state index contributed by atoms with van der Waals surface area (Å²) in [6.07, 6.45) is 2.63. The number of rotatable bonds is 7. The van der Waals surface area contributed by atoms with Crippen LogP contribution in [0.3, 0.4) is 0 Å². The van der Waals surface area contributed by atoms with Crippen molar-refractivity contribution in [3.05, 3.63) is 53.6 Å². The number of aromatic nitrogens is 3. The van der Waals surface area contributed by atoms with Gasteiger partial charge >= 0.3 is 6.09 Å². The molecule has 0 saturated carbocycles. The van der Waals surface area contributed by atoms with E-state index >= 15 is 0 Å². The highest BCUT2D eigenvalue weighted by Gasteiger charge is 2.29. The maximum Gasteiger partial charge on any atom is 0.410 e. The molecule has 12 heteroatoms. The van der Waals surface area contributed by atoms with Crippen LogP contribution in [-0.4, -0.2) is 72.4 Å². The van der Waals surface area contributed by atoms with Crippen LogP contribution in [0.1, 0.15) is 45.4 Å². The molecule has 2 aromatic heterocycles. The van der Waals surface area contributed by atoms with Gasteiger partial charge in [-0.3, -0.25) is 4.31 Å². The Bertz CT molecular complexity index is 1390. The number of carbonyl (C=O) groups excluding carboxylic acids is 1. The first-order valence-electron chi connectivity index (χ1n) is 12.5. The van der Waals surface area contributed by atoms with Crippen molar-refractivity contribution in [1.29, 1.82) is 0 Å². The largest absolute Gasteiger partial charge is 0.444 e. The van der Waals surface area contributed by atoms with Crippen LogP contribution in [0.2, 0.25) is 5.15 Å². The average Bonchev–Trinajstić information content (AvgIpc) is 2.88. The number of halogens is 1. The van der Waals surface area contributed by atoms with Crippen LogP contribution < -0.4 is 9.62 Å². The van der Waals surface area contributed by atoms with Crippen LogP contribution in [-0.2, 0) is 14.8 Å². The van der Waals surface area contributed by atoms with E-state index in [0.717, 1.165) is 0 Å². The van der Waals surface area contributed by atoms with Gasteiger partial charge in [0.05, 0.1) is 23.2 Å². The summed E-state index contributed by atoms with van der Waals surface area (Å²) in [5.41, 5.74) is 0.659. The average molecular weight is 561 g/mol. The van der Waals surface area contributed by atoms with E-state index in [4.69, 9.17) is 26.3 Å². The van der Waals surface area contributed by atoms with Gasteiger partial charge in [-0.2, -0.15) is 0 Å². The van der Waals surface area contributed by atoms with E-state index in [2.05, 4.69) is 10.3 Å². The molecule has 0 aliphatic carbocycles. The molecule has 0 atom stereocenters. The number of hydrogen-bond donors (Lipinski definition) is 1. The van der Waals surface area contributed by atoms with Gasteiger partial charge in [0.2, 0.25) is 10.0 Å². The van der Waals surface area contributed by atoms with Crippen molar-refractivity contribution in [2.75, 3.05) is 42.1 Å². The molecule has 4 rings (SSSR count). The smallest absolute Gasteiger partial charge is 0.410 e. The summed E-state index contributed by atoms with van der Waals surface area (Å²) in [4.78, 5) is 27.8. The van der Waals surface area contributed by atoms with Gasteiger partial charge in [0.1, 0.15) is 22.4 Å². The molecule has 38 heavy (non-hydrogen) atoms. The highest BCUT2D eigenvalue weighted by molar-refractivity contribution is 7.92. The van der Waals surface area contributed by atoms with Gasteiger partial charge in [-0.15, -0.1) is 0 Å². The lowest BCUT2D eigenvalue weighted by molar-refractivity contribution is 0.0203. The predicted octanol–water partition coefficient (Wildman–Crippen LogP) is 4.67. The van der Waals surface area contributed by atoms with Gasteiger partial charge in [0, 0.05) is 38.0 Å². The zero-order valence-electron chi connectivity index (χ0n) is 22.0. The molecular formula is C26H33ClN6O4S. The van der Waals surface area contributed by atoms with Crippen LogP contribution in [0, 0.1) is 0 Å². The Morgan fingerprint density at radius 1 is 1.18 bits per heavy atom. The predicted molar refractivity (Wildman–Crippen MR) is 149 cm³/mol. The molecule has 0 radical (unpaired) electrons. The van der Waals surface area contributed by atoms with Gasteiger partial charge in [0.15, 0.2) is 0 Å². The van der Waals surface area contributed by atoms with E-state index in [1.165, 1.54) is 11.4 Å². The van der Waals surface area contributed by atoms with Crippen molar-refractivity contribution >= 4 is 50.1 Å². The molecule has 3 heterocycles. The molecule has 1 amide bonds. The number of carbonyl (C=O) groups is 1. The number of nitrogens with zero attached hydrogens (tertiary/aromatic N) is 5. The minimum Gasteiger partial charge on any atom is -0.444 e. The SMILES string of the molecule is CN(c1ccccc1)S(=O)(=O)CCNc1nc(C2CCN(C(=O)OC(C)(C)C)CC2)nc2cnc(Cl)cc12. The number of amides is 1. The van der Waals surface area contributed by atoms with Gasteiger partial charge in [-0.1, -0.05) is 29.8 Å². The molecule has 1 aliphatic heterocycles. The number of ether oxygens (including phenoxy) is 1. The third-order valence-electron chi connectivity index (χ3n) is 6.27. The minimum atomic E-state index is -3.56. The van der Waals surface area contributed by atoms with E-state index < -0.39 is 15.6 Å². The second-order valence-corrected chi connectivity index (χ2v) is 12.7. The number of sulfonamides is 1. The van der Waals surface area contributed by atoms with Crippen LogP contribution >= 0.6 is 11.6 Å². The Morgan fingerprint density at radius 2 is 1.87 bits per heavy atom.